The van der Waals surface area contributed by atoms with E-state index in [1.54, 1.807) is 11.3 Å². The molecule has 1 fully saturated rings. The summed E-state index contributed by atoms with van der Waals surface area (Å²) in [6.45, 7) is 13.8. The van der Waals surface area contributed by atoms with Crippen molar-refractivity contribution in [1.29, 1.82) is 0 Å². The third-order valence-corrected chi connectivity index (χ3v) is 5.63. The zero-order valence-electron chi connectivity index (χ0n) is 16.0. The smallest absolute Gasteiger partial charge is 0.191 e. The van der Waals surface area contributed by atoms with E-state index in [4.69, 9.17) is 4.99 Å². The molecule has 0 spiro atoms. The first-order valence-electron chi connectivity index (χ1n) is 9.32. The van der Waals surface area contributed by atoms with Crippen molar-refractivity contribution in [1.82, 2.24) is 20.5 Å². The molecule has 1 saturated heterocycles. The largest absolute Gasteiger partial charge is 0.357 e. The van der Waals surface area contributed by atoms with Gasteiger partial charge in [0, 0.05) is 36.8 Å². The van der Waals surface area contributed by atoms with E-state index >= 15 is 0 Å². The summed E-state index contributed by atoms with van der Waals surface area (Å²) in [5.41, 5.74) is 0. The van der Waals surface area contributed by atoms with Crippen LogP contribution in [-0.2, 0) is 13.0 Å². The summed E-state index contributed by atoms with van der Waals surface area (Å²) >= 11 is 1.76. The molecule has 0 radical (unpaired) electrons. The van der Waals surface area contributed by atoms with Gasteiger partial charge in [-0.15, -0.1) is 35.3 Å². The Hall–Kier alpha value is -0.410. The van der Waals surface area contributed by atoms with E-state index in [9.17, 15) is 0 Å². The van der Waals surface area contributed by atoms with E-state index < -0.39 is 0 Å². The Labute approximate surface area is 174 Å². The highest BCUT2D eigenvalue weighted by Crippen LogP contribution is 2.18. The number of likely N-dealkylation sites (tertiary alicyclic amines) is 1. The van der Waals surface area contributed by atoms with Crippen LogP contribution in [0, 0.1) is 5.92 Å². The maximum Gasteiger partial charge on any atom is 0.191 e. The summed E-state index contributed by atoms with van der Waals surface area (Å²) in [6, 6.07) is 0.646. The lowest BCUT2D eigenvalue weighted by molar-refractivity contribution is 0.141. The van der Waals surface area contributed by atoms with Gasteiger partial charge >= 0.3 is 0 Å². The Bertz CT molecular complexity index is 517. The topological polar surface area (TPSA) is 52.6 Å². The maximum atomic E-state index is 4.70. The Balaban J connectivity index is 0.00000312. The average Bonchev–Trinajstić information content (AvgIpc) is 3.05. The molecule has 1 aliphatic heterocycles. The van der Waals surface area contributed by atoms with Crippen molar-refractivity contribution in [3.63, 3.8) is 0 Å². The van der Waals surface area contributed by atoms with Gasteiger partial charge in [-0.2, -0.15) is 0 Å². The van der Waals surface area contributed by atoms with Crippen LogP contribution in [0.4, 0.5) is 0 Å². The average molecular weight is 479 g/mol. The van der Waals surface area contributed by atoms with Crippen LogP contribution in [0.3, 0.4) is 0 Å². The Morgan fingerprint density at radius 2 is 2.20 bits per heavy atom. The molecule has 0 amide bonds. The first-order chi connectivity index (χ1) is 11.6. The normalized spacial score (nSPS) is 18.9. The minimum absolute atomic E-state index is 0. The van der Waals surface area contributed by atoms with E-state index in [0.717, 1.165) is 30.5 Å². The molecular weight excluding hydrogens is 445 g/mol. The monoisotopic (exact) mass is 479 g/mol. The molecule has 144 valence electrons. The third-order valence-electron chi connectivity index (χ3n) is 4.51. The van der Waals surface area contributed by atoms with E-state index in [0.29, 0.717) is 18.5 Å². The van der Waals surface area contributed by atoms with Gasteiger partial charge in [0.05, 0.1) is 6.54 Å². The fourth-order valence-corrected chi connectivity index (χ4v) is 3.83. The van der Waals surface area contributed by atoms with Crippen molar-refractivity contribution >= 4 is 41.3 Å². The lowest BCUT2D eigenvalue weighted by Crippen LogP contribution is -2.46. The van der Waals surface area contributed by atoms with Crippen molar-refractivity contribution in [2.45, 2.75) is 59.5 Å². The molecule has 0 aliphatic carbocycles. The summed E-state index contributed by atoms with van der Waals surface area (Å²) in [4.78, 5) is 13.1. The zero-order valence-corrected chi connectivity index (χ0v) is 19.2. The number of nitrogens with one attached hydrogen (secondary N) is 2. The molecule has 7 heteroatoms. The highest BCUT2D eigenvalue weighted by molar-refractivity contribution is 14.0. The lowest BCUT2D eigenvalue weighted by atomic mass is 9.97. The van der Waals surface area contributed by atoms with Crippen LogP contribution in [-0.4, -0.2) is 48.1 Å². The fourth-order valence-electron chi connectivity index (χ4n) is 3.05. The molecule has 1 atom stereocenters. The molecule has 1 aromatic rings. The van der Waals surface area contributed by atoms with Gasteiger partial charge in [0.15, 0.2) is 5.96 Å². The molecule has 0 bridgehead atoms. The second kappa shape index (κ2) is 12.1. The minimum atomic E-state index is 0. The second-order valence-corrected chi connectivity index (χ2v) is 7.95. The van der Waals surface area contributed by atoms with Crippen molar-refractivity contribution < 1.29 is 0 Å². The fraction of sp³-hybridized carbons (Fsp3) is 0.778. The van der Waals surface area contributed by atoms with Crippen LogP contribution < -0.4 is 10.6 Å². The molecule has 1 aromatic heterocycles. The van der Waals surface area contributed by atoms with Gasteiger partial charge in [-0.25, -0.2) is 9.98 Å². The van der Waals surface area contributed by atoms with Crippen molar-refractivity contribution in [2.75, 3.05) is 26.2 Å². The predicted molar refractivity (Wildman–Crippen MR) is 119 cm³/mol. The molecule has 1 aliphatic rings. The third kappa shape index (κ3) is 7.78. The number of hydrogen-bond donors (Lipinski definition) is 2. The first kappa shape index (κ1) is 22.6. The van der Waals surface area contributed by atoms with E-state index in [-0.39, 0.29) is 24.0 Å². The van der Waals surface area contributed by atoms with Crippen molar-refractivity contribution in [3.8, 4) is 0 Å². The van der Waals surface area contributed by atoms with Crippen LogP contribution in [0.2, 0.25) is 0 Å². The maximum absolute atomic E-state index is 4.70. The van der Waals surface area contributed by atoms with Crippen LogP contribution in [0.5, 0.6) is 0 Å². The Morgan fingerprint density at radius 1 is 1.40 bits per heavy atom. The second-order valence-electron chi connectivity index (χ2n) is 6.75. The zero-order chi connectivity index (χ0) is 17.4. The van der Waals surface area contributed by atoms with Gasteiger partial charge in [0.1, 0.15) is 5.01 Å². The molecule has 2 rings (SSSR count). The van der Waals surface area contributed by atoms with Gasteiger partial charge in [-0.1, -0.05) is 6.92 Å². The highest BCUT2D eigenvalue weighted by Gasteiger charge is 2.21. The summed E-state index contributed by atoms with van der Waals surface area (Å²) in [7, 11) is 0. The van der Waals surface area contributed by atoms with Crippen LogP contribution in [0.15, 0.2) is 11.2 Å². The Kier molecular flexibility index (Phi) is 10.9. The Morgan fingerprint density at radius 3 is 2.84 bits per heavy atom. The number of aliphatic imine (C=N–C) groups is 1. The highest BCUT2D eigenvalue weighted by atomic mass is 127. The summed E-state index contributed by atoms with van der Waals surface area (Å²) in [5.74, 6) is 1.61. The van der Waals surface area contributed by atoms with E-state index in [1.807, 2.05) is 6.20 Å². The van der Waals surface area contributed by atoms with E-state index in [1.165, 1.54) is 30.8 Å². The quantitative estimate of drug-likeness (QED) is 0.357. The van der Waals surface area contributed by atoms with Gasteiger partial charge < -0.3 is 15.5 Å². The number of aryl methyl sites for hydroxylation is 1. The number of aromatic nitrogens is 1. The number of piperidine rings is 1. The molecule has 0 saturated carbocycles. The molecule has 0 aromatic carbocycles. The van der Waals surface area contributed by atoms with Crippen LogP contribution >= 0.6 is 35.3 Å². The van der Waals surface area contributed by atoms with Crippen molar-refractivity contribution in [3.05, 3.63) is 16.1 Å². The van der Waals surface area contributed by atoms with Gasteiger partial charge in [-0.05, 0) is 52.5 Å². The SMILES string of the molecule is CCNC(=NCc1ncc(CC)s1)NCC1CCCN(C(C)C)C1.I. The molecule has 25 heavy (non-hydrogen) atoms. The standard InChI is InChI=1S/C18H33N5S.HI/c1-5-16-11-20-17(24-16)12-22-18(19-6-2)21-10-15-8-7-9-23(13-15)14(3)4;/h11,14-15H,5-10,12-13H2,1-4H3,(H2,19,21,22);1H. The summed E-state index contributed by atoms with van der Waals surface area (Å²) < 4.78 is 0. The number of rotatable bonds is 7. The van der Waals surface area contributed by atoms with Crippen LogP contribution in [0.1, 0.15) is 50.4 Å². The van der Waals surface area contributed by atoms with Gasteiger partial charge in [0.2, 0.25) is 0 Å². The summed E-state index contributed by atoms with van der Waals surface area (Å²) in [6.07, 6.45) is 5.63. The minimum Gasteiger partial charge on any atom is -0.357 e. The number of halogens is 1. The molecule has 2 heterocycles. The molecule has 5 nitrogen and oxygen atoms in total. The van der Waals surface area contributed by atoms with Crippen molar-refractivity contribution in [2.24, 2.45) is 10.9 Å². The first-order valence-corrected chi connectivity index (χ1v) is 10.1. The molecule has 1 unspecified atom stereocenters. The number of nitrogens with zero attached hydrogens (tertiary/aromatic N) is 3. The lowest BCUT2D eigenvalue weighted by Gasteiger charge is -2.35. The number of thiazole rings is 1. The molecule has 2 N–H and O–H groups in total. The predicted octanol–water partition coefficient (Wildman–Crippen LogP) is 3.50. The van der Waals surface area contributed by atoms with E-state index in [2.05, 4.69) is 48.2 Å². The molecular formula is C18H34IN5S. The summed E-state index contributed by atoms with van der Waals surface area (Å²) in [5, 5.41) is 7.97. The number of hydrogen-bond acceptors (Lipinski definition) is 4. The van der Waals surface area contributed by atoms with Gasteiger partial charge in [0.25, 0.3) is 0 Å². The van der Waals surface area contributed by atoms with Gasteiger partial charge in [-0.3, -0.25) is 0 Å². The number of guanidine groups is 1. The van der Waals surface area contributed by atoms with Crippen LogP contribution in [0.25, 0.3) is 0 Å².